The number of anilines is 1. The summed E-state index contributed by atoms with van der Waals surface area (Å²) in [6.45, 7) is 5.71. The molecule has 0 spiro atoms. The maximum atomic E-state index is 14.7. The summed E-state index contributed by atoms with van der Waals surface area (Å²) in [5, 5.41) is 3.00. The minimum absolute atomic E-state index is 0.000689. The molecule has 2 amide bonds. The first kappa shape index (κ1) is 36.5. The summed E-state index contributed by atoms with van der Waals surface area (Å²) in [6, 6.07) is 27.1. The number of carbonyl (C=O) groups excluding carboxylic acids is 2. The molecule has 0 aliphatic carbocycles. The third-order valence-electron chi connectivity index (χ3n) is 7.76. The van der Waals surface area contributed by atoms with Gasteiger partial charge in [-0.15, -0.1) is 0 Å². The lowest BCUT2D eigenvalue weighted by Gasteiger charge is -2.34. The highest BCUT2D eigenvalue weighted by Crippen LogP contribution is 2.36. The van der Waals surface area contributed by atoms with Gasteiger partial charge in [0.15, 0.2) is 0 Å². The molecule has 0 aromatic heterocycles. The topological polar surface area (TPSA) is 105 Å². The summed E-state index contributed by atoms with van der Waals surface area (Å²) in [7, 11) is -1.42. The van der Waals surface area contributed by atoms with E-state index in [4.69, 9.17) is 9.47 Å². The summed E-state index contributed by atoms with van der Waals surface area (Å²) >= 11 is 3.46. The lowest BCUT2D eigenvalue weighted by atomic mass is 10.0. The molecule has 11 heteroatoms. The highest BCUT2D eigenvalue weighted by molar-refractivity contribution is 9.10. The number of hydrogen-bond donors (Lipinski definition) is 1. The van der Waals surface area contributed by atoms with E-state index in [1.165, 1.54) is 37.3 Å². The average Bonchev–Trinajstić information content (AvgIpc) is 3.08. The number of hydrogen-bond acceptors (Lipinski definition) is 6. The maximum Gasteiger partial charge on any atom is 0.264 e. The number of aryl methyl sites for hydroxylation is 1. The van der Waals surface area contributed by atoms with E-state index in [9.17, 15) is 18.0 Å². The molecule has 0 heterocycles. The smallest absolute Gasteiger partial charge is 0.264 e. The predicted octanol–water partition coefficient (Wildman–Crippen LogP) is 6.38. The summed E-state index contributed by atoms with van der Waals surface area (Å²) < 4.78 is 41.7. The van der Waals surface area contributed by atoms with Crippen molar-refractivity contribution in [3.63, 3.8) is 0 Å². The Morgan fingerprint density at radius 3 is 2.12 bits per heavy atom. The fraction of sp³-hybridized carbons (Fsp3) is 0.297. The van der Waals surface area contributed by atoms with Gasteiger partial charge < -0.3 is 19.7 Å². The summed E-state index contributed by atoms with van der Waals surface area (Å²) in [6.07, 6.45) is 0.222. The molecule has 0 saturated carbocycles. The molecule has 4 aromatic carbocycles. The van der Waals surface area contributed by atoms with Crippen LogP contribution in [0.4, 0.5) is 5.69 Å². The van der Waals surface area contributed by atoms with Crippen LogP contribution in [0.3, 0.4) is 0 Å². The Morgan fingerprint density at radius 1 is 0.854 bits per heavy atom. The van der Waals surface area contributed by atoms with Gasteiger partial charge >= 0.3 is 0 Å². The van der Waals surface area contributed by atoms with Crippen molar-refractivity contribution < 1.29 is 27.5 Å². The van der Waals surface area contributed by atoms with E-state index in [0.29, 0.717) is 12.3 Å². The Balaban J connectivity index is 1.86. The van der Waals surface area contributed by atoms with Gasteiger partial charge in [-0.2, -0.15) is 0 Å². The minimum Gasteiger partial charge on any atom is -0.497 e. The number of methoxy groups -OCH3 is 2. The first-order valence-electron chi connectivity index (χ1n) is 15.6. The van der Waals surface area contributed by atoms with Gasteiger partial charge in [-0.25, -0.2) is 8.42 Å². The Labute approximate surface area is 292 Å². The Hall–Kier alpha value is -4.35. The third kappa shape index (κ3) is 9.38. The molecule has 0 bridgehead atoms. The highest BCUT2D eigenvalue weighted by Gasteiger charge is 2.36. The molecule has 1 atom stereocenters. The zero-order chi connectivity index (χ0) is 34.8. The number of nitrogens with zero attached hydrogens (tertiary/aromatic N) is 2. The first-order chi connectivity index (χ1) is 22.9. The Bertz CT molecular complexity index is 1780. The molecule has 1 N–H and O–H groups in total. The van der Waals surface area contributed by atoms with Crippen LogP contribution in [-0.4, -0.2) is 58.5 Å². The second-order valence-electron chi connectivity index (χ2n) is 11.9. The normalized spacial score (nSPS) is 11.9. The maximum absolute atomic E-state index is 14.7. The van der Waals surface area contributed by atoms with Crippen molar-refractivity contribution in [1.29, 1.82) is 0 Å². The van der Waals surface area contributed by atoms with Crippen LogP contribution < -0.4 is 19.1 Å². The van der Waals surface area contributed by atoms with Gasteiger partial charge in [0.1, 0.15) is 24.1 Å². The van der Waals surface area contributed by atoms with Gasteiger partial charge in [-0.05, 0) is 60.4 Å². The Kier molecular flexibility index (Phi) is 12.7. The van der Waals surface area contributed by atoms with Crippen molar-refractivity contribution in [2.45, 2.75) is 44.7 Å². The predicted molar refractivity (Wildman–Crippen MR) is 192 cm³/mol. The van der Waals surface area contributed by atoms with Crippen molar-refractivity contribution in [2.75, 3.05) is 31.6 Å². The van der Waals surface area contributed by atoms with Crippen molar-refractivity contribution in [3.8, 4) is 11.5 Å². The number of nitrogens with one attached hydrogen (secondary N) is 1. The fourth-order valence-electron chi connectivity index (χ4n) is 5.11. The first-order valence-corrected chi connectivity index (χ1v) is 17.8. The lowest BCUT2D eigenvalue weighted by molar-refractivity contribution is -0.140. The largest absolute Gasteiger partial charge is 0.497 e. The number of sulfonamides is 1. The molecule has 9 nitrogen and oxygen atoms in total. The van der Waals surface area contributed by atoms with Crippen LogP contribution in [0.15, 0.2) is 106 Å². The molecule has 0 radical (unpaired) electrons. The van der Waals surface area contributed by atoms with E-state index >= 15 is 0 Å². The van der Waals surface area contributed by atoms with Crippen molar-refractivity contribution >= 4 is 43.5 Å². The van der Waals surface area contributed by atoms with Crippen molar-refractivity contribution in [3.05, 3.63) is 118 Å². The van der Waals surface area contributed by atoms with Gasteiger partial charge in [0.2, 0.25) is 11.8 Å². The van der Waals surface area contributed by atoms with Gasteiger partial charge in [0.05, 0.1) is 24.8 Å². The number of halogens is 1. The number of rotatable bonds is 15. The SMILES string of the molecule is COc1ccc(OC)c(N(CC(=O)N(Cc2ccc(Br)cc2)[C@@H](Cc2ccccc2)C(=O)NCC(C)C)S(=O)(=O)c2ccc(C)cc2)c1. The van der Waals surface area contributed by atoms with Gasteiger partial charge in [0, 0.05) is 30.0 Å². The minimum atomic E-state index is -4.32. The molecule has 0 saturated heterocycles. The molecular formula is C37H42BrN3O6S. The van der Waals surface area contributed by atoms with Crippen molar-refractivity contribution in [1.82, 2.24) is 10.2 Å². The van der Waals surface area contributed by atoms with Crippen LogP contribution in [0.5, 0.6) is 11.5 Å². The molecule has 48 heavy (non-hydrogen) atoms. The Morgan fingerprint density at radius 2 is 1.52 bits per heavy atom. The standard InChI is InChI=1S/C37H42BrN3O6S/c1-26(2)23-39-37(43)34(21-28-9-7-6-8-10-28)40(24-29-13-15-30(38)16-14-29)36(42)25-41(33-22-31(46-4)17-20-35(33)47-5)48(44,45)32-18-11-27(3)12-19-32/h6-20,22,26,34H,21,23-25H2,1-5H3,(H,39,43)/t34-/m0/s1. The van der Waals surface area contributed by atoms with Crippen LogP contribution in [0.1, 0.15) is 30.5 Å². The second kappa shape index (κ2) is 16.7. The number of amides is 2. The average molecular weight is 737 g/mol. The molecule has 0 unspecified atom stereocenters. The van der Waals surface area contributed by atoms with Crippen LogP contribution in [0.25, 0.3) is 0 Å². The van der Waals surface area contributed by atoms with E-state index in [1.807, 2.05) is 75.4 Å². The summed E-state index contributed by atoms with van der Waals surface area (Å²) in [5.74, 6) is -0.111. The number of benzene rings is 4. The van der Waals surface area contributed by atoms with Crippen LogP contribution in [0.2, 0.25) is 0 Å². The summed E-state index contributed by atoms with van der Waals surface area (Å²) in [5.41, 5.74) is 2.63. The molecule has 4 rings (SSSR count). The fourth-order valence-corrected chi connectivity index (χ4v) is 6.79. The number of ether oxygens (including phenoxy) is 2. The molecule has 254 valence electrons. The molecule has 0 aliphatic heterocycles. The zero-order valence-corrected chi connectivity index (χ0v) is 30.3. The quantitative estimate of drug-likeness (QED) is 0.152. The van der Waals surface area contributed by atoms with E-state index < -0.39 is 28.5 Å². The zero-order valence-electron chi connectivity index (χ0n) is 27.9. The van der Waals surface area contributed by atoms with Gasteiger partial charge in [-0.1, -0.05) is 89.9 Å². The molecule has 4 aromatic rings. The van der Waals surface area contributed by atoms with Crippen LogP contribution >= 0.6 is 15.9 Å². The van der Waals surface area contributed by atoms with E-state index in [2.05, 4.69) is 21.2 Å². The molecular weight excluding hydrogens is 694 g/mol. The van der Waals surface area contributed by atoms with Gasteiger partial charge in [-0.3, -0.25) is 13.9 Å². The molecule has 0 aliphatic rings. The monoisotopic (exact) mass is 735 g/mol. The molecule has 0 fully saturated rings. The van der Waals surface area contributed by atoms with E-state index in [1.54, 1.807) is 24.3 Å². The number of carbonyl (C=O) groups is 2. The van der Waals surface area contributed by atoms with Crippen LogP contribution in [-0.2, 0) is 32.6 Å². The van der Waals surface area contributed by atoms with E-state index in [0.717, 1.165) is 25.5 Å². The second-order valence-corrected chi connectivity index (χ2v) is 14.6. The van der Waals surface area contributed by atoms with Crippen molar-refractivity contribution in [2.24, 2.45) is 5.92 Å². The van der Waals surface area contributed by atoms with Gasteiger partial charge in [0.25, 0.3) is 10.0 Å². The van der Waals surface area contributed by atoms with E-state index in [-0.39, 0.29) is 41.1 Å². The summed E-state index contributed by atoms with van der Waals surface area (Å²) in [4.78, 5) is 30.1. The lowest BCUT2D eigenvalue weighted by Crippen LogP contribution is -2.53. The highest BCUT2D eigenvalue weighted by atomic mass is 79.9. The third-order valence-corrected chi connectivity index (χ3v) is 10.1. The van der Waals surface area contributed by atoms with Crippen LogP contribution in [0, 0.1) is 12.8 Å².